The minimum Gasteiger partial charge on any atom is -0.503 e. The maximum Gasteiger partial charge on any atom is 0.275 e. The van der Waals surface area contributed by atoms with Gasteiger partial charge in [0.15, 0.2) is 11.4 Å². The molecule has 7 nitrogen and oxygen atoms in total. The minimum atomic E-state index is -0.905. The lowest BCUT2D eigenvalue weighted by Crippen LogP contribution is -2.50. The lowest BCUT2D eigenvalue weighted by molar-refractivity contribution is 0.0541. The third-order valence-corrected chi connectivity index (χ3v) is 6.77. The summed E-state index contributed by atoms with van der Waals surface area (Å²) in [7, 11) is 0. The van der Waals surface area contributed by atoms with Gasteiger partial charge in [0, 0.05) is 29.9 Å². The highest BCUT2D eigenvalue weighted by Gasteiger charge is 2.50. The van der Waals surface area contributed by atoms with Crippen molar-refractivity contribution < 1.29 is 23.5 Å². The van der Waals surface area contributed by atoms with E-state index in [0.29, 0.717) is 24.6 Å². The standard InChI is InChI=1S/C22H21F2N3O4/c1-10-2-5-14-15-6-7-16-17(19(28)20(29)18(27(15)16)22(31)26(10)14)21(30)25-9-11-3-4-12(23)8-13(11)24/h3-4,8,10,14-15,29H,2,5-7,9H2,1H3,(H,25,30)/t10-,14?,15?/m0/s1. The molecule has 9 heteroatoms. The Morgan fingerprint density at radius 2 is 1.97 bits per heavy atom. The average Bonchev–Trinajstić information content (AvgIpc) is 3.31. The number of carbonyl (C=O) groups excluding carboxylic acids is 2. The minimum absolute atomic E-state index is 0.0256. The van der Waals surface area contributed by atoms with E-state index in [0.717, 1.165) is 18.9 Å². The van der Waals surface area contributed by atoms with E-state index in [9.17, 15) is 28.3 Å². The first kappa shape index (κ1) is 19.7. The fourth-order valence-electron chi connectivity index (χ4n) is 5.35. The van der Waals surface area contributed by atoms with Crippen LogP contribution in [-0.4, -0.2) is 38.5 Å². The molecule has 3 aliphatic rings. The first-order valence-electron chi connectivity index (χ1n) is 10.3. The van der Waals surface area contributed by atoms with Crippen LogP contribution in [0.5, 0.6) is 5.75 Å². The van der Waals surface area contributed by atoms with Crippen molar-refractivity contribution in [2.24, 2.45) is 0 Å². The van der Waals surface area contributed by atoms with E-state index in [4.69, 9.17) is 0 Å². The summed E-state index contributed by atoms with van der Waals surface area (Å²) in [5.41, 5.74) is -0.686. The Hall–Kier alpha value is -3.23. The SMILES string of the molecule is C[C@H]1CCC2C3CCc4c(C(=O)NCc5ccc(F)cc5F)c(=O)c(O)c(n43)C(=O)N21. The van der Waals surface area contributed by atoms with Gasteiger partial charge in [0.05, 0.1) is 12.1 Å². The number of aromatic hydroxyl groups is 1. The van der Waals surface area contributed by atoms with Gasteiger partial charge in [-0.05, 0) is 38.7 Å². The Labute approximate surface area is 176 Å². The number of fused-ring (bicyclic) bond motifs is 2. The lowest BCUT2D eigenvalue weighted by atomic mass is 10.0. The number of nitrogens with zero attached hydrogens (tertiary/aromatic N) is 2. The molecule has 3 atom stereocenters. The van der Waals surface area contributed by atoms with Crippen molar-refractivity contribution in [1.82, 2.24) is 14.8 Å². The molecule has 0 aliphatic carbocycles. The summed E-state index contributed by atoms with van der Waals surface area (Å²) < 4.78 is 28.6. The number of halogens is 2. The van der Waals surface area contributed by atoms with Crippen molar-refractivity contribution in [3.63, 3.8) is 0 Å². The van der Waals surface area contributed by atoms with Gasteiger partial charge < -0.3 is 19.9 Å². The Bertz CT molecular complexity index is 1190. The largest absolute Gasteiger partial charge is 0.503 e. The van der Waals surface area contributed by atoms with Crippen molar-refractivity contribution in [3.05, 3.63) is 62.6 Å². The first-order chi connectivity index (χ1) is 14.8. The van der Waals surface area contributed by atoms with Crippen LogP contribution in [0.4, 0.5) is 8.78 Å². The zero-order valence-corrected chi connectivity index (χ0v) is 16.8. The van der Waals surface area contributed by atoms with Gasteiger partial charge in [-0.15, -0.1) is 0 Å². The molecule has 4 heterocycles. The van der Waals surface area contributed by atoms with Crippen molar-refractivity contribution in [2.75, 3.05) is 0 Å². The van der Waals surface area contributed by atoms with Crippen LogP contribution >= 0.6 is 0 Å². The number of benzene rings is 1. The van der Waals surface area contributed by atoms with Crippen LogP contribution < -0.4 is 10.7 Å². The molecule has 2 unspecified atom stereocenters. The van der Waals surface area contributed by atoms with E-state index in [1.54, 1.807) is 9.47 Å². The Morgan fingerprint density at radius 3 is 2.71 bits per heavy atom. The highest BCUT2D eigenvalue weighted by molar-refractivity contribution is 6.00. The maximum absolute atomic E-state index is 13.9. The molecular weight excluding hydrogens is 408 g/mol. The molecule has 1 aromatic heterocycles. The van der Waals surface area contributed by atoms with Gasteiger partial charge in [-0.25, -0.2) is 8.78 Å². The highest BCUT2D eigenvalue weighted by Crippen LogP contribution is 2.45. The van der Waals surface area contributed by atoms with Crippen LogP contribution in [0.15, 0.2) is 23.0 Å². The molecule has 0 spiro atoms. The molecule has 0 bridgehead atoms. The van der Waals surface area contributed by atoms with E-state index in [2.05, 4.69) is 5.32 Å². The van der Waals surface area contributed by atoms with Crippen LogP contribution in [-0.2, 0) is 13.0 Å². The second kappa shape index (κ2) is 6.90. The monoisotopic (exact) mass is 429 g/mol. The molecule has 1 fully saturated rings. The Balaban J connectivity index is 1.54. The van der Waals surface area contributed by atoms with Crippen LogP contribution in [0.1, 0.15) is 64.3 Å². The van der Waals surface area contributed by atoms with Crippen molar-refractivity contribution >= 4 is 11.8 Å². The van der Waals surface area contributed by atoms with Gasteiger partial charge in [0.1, 0.15) is 17.2 Å². The number of hydrogen-bond acceptors (Lipinski definition) is 4. The molecule has 2 amide bonds. The summed E-state index contributed by atoms with van der Waals surface area (Å²) in [6.07, 6.45) is 2.75. The number of rotatable bonds is 3. The van der Waals surface area contributed by atoms with Gasteiger partial charge in [-0.1, -0.05) is 6.07 Å². The highest BCUT2D eigenvalue weighted by atomic mass is 19.1. The third kappa shape index (κ3) is 2.79. The summed E-state index contributed by atoms with van der Waals surface area (Å²) in [6.45, 7) is 1.71. The summed E-state index contributed by atoms with van der Waals surface area (Å²) in [5, 5.41) is 13.1. The summed E-state index contributed by atoms with van der Waals surface area (Å²) >= 11 is 0. The Kier molecular flexibility index (Phi) is 4.39. The molecular formula is C22H21F2N3O4. The Morgan fingerprint density at radius 1 is 1.19 bits per heavy atom. The van der Waals surface area contributed by atoms with Crippen molar-refractivity contribution in [1.29, 1.82) is 0 Å². The van der Waals surface area contributed by atoms with Crippen LogP contribution in [0.2, 0.25) is 0 Å². The molecule has 162 valence electrons. The summed E-state index contributed by atoms with van der Waals surface area (Å²) in [4.78, 5) is 40.6. The molecule has 5 rings (SSSR count). The fraction of sp³-hybridized carbons (Fsp3) is 0.409. The van der Waals surface area contributed by atoms with Gasteiger partial charge in [0.25, 0.3) is 11.8 Å². The molecule has 0 saturated carbocycles. The quantitative estimate of drug-likeness (QED) is 0.783. The fourth-order valence-corrected chi connectivity index (χ4v) is 5.35. The van der Waals surface area contributed by atoms with Crippen LogP contribution in [0.25, 0.3) is 0 Å². The zero-order valence-electron chi connectivity index (χ0n) is 16.8. The molecule has 1 saturated heterocycles. The molecule has 2 N–H and O–H groups in total. The molecule has 0 radical (unpaired) electrons. The number of carbonyl (C=O) groups is 2. The van der Waals surface area contributed by atoms with E-state index in [1.165, 1.54) is 6.07 Å². The van der Waals surface area contributed by atoms with Crippen molar-refractivity contribution in [3.8, 4) is 5.75 Å². The van der Waals surface area contributed by atoms with Crippen LogP contribution in [0.3, 0.4) is 0 Å². The second-order valence-electron chi connectivity index (χ2n) is 8.45. The smallest absolute Gasteiger partial charge is 0.275 e. The lowest BCUT2D eigenvalue weighted by Gasteiger charge is -2.39. The van der Waals surface area contributed by atoms with Gasteiger partial charge >= 0.3 is 0 Å². The first-order valence-corrected chi connectivity index (χ1v) is 10.3. The zero-order chi connectivity index (χ0) is 22.0. The normalized spacial score (nSPS) is 23.6. The van der Waals surface area contributed by atoms with Gasteiger partial charge in [0.2, 0.25) is 5.43 Å². The van der Waals surface area contributed by atoms with E-state index in [-0.39, 0.29) is 47.4 Å². The number of pyridine rings is 1. The number of nitrogens with one attached hydrogen (secondary N) is 1. The summed E-state index contributed by atoms with van der Waals surface area (Å²) in [6, 6.07) is 2.91. The average molecular weight is 429 g/mol. The third-order valence-electron chi connectivity index (χ3n) is 6.77. The van der Waals surface area contributed by atoms with E-state index >= 15 is 0 Å². The van der Waals surface area contributed by atoms with E-state index < -0.39 is 28.7 Å². The summed E-state index contributed by atoms with van der Waals surface area (Å²) in [5.74, 6) is -3.41. The molecule has 1 aromatic carbocycles. The van der Waals surface area contributed by atoms with Crippen LogP contribution in [0, 0.1) is 11.6 Å². The van der Waals surface area contributed by atoms with Crippen molar-refractivity contribution in [2.45, 2.75) is 57.3 Å². The number of aromatic nitrogens is 1. The predicted octanol–water partition coefficient (Wildman–Crippen LogP) is 2.26. The second-order valence-corrected chi connectivity index (χ2v) is 8.45. The molecule has 2 aromatic rings. The topological polar surface area (TPSA) is 91.6 Å². The predicted molar refractivity (Wildman–Crippen MR) is 106 cm³/mol. The maximum atomic E-state index is 13.9. The molecule has 31 heavy (non-hydrogen) atoms. The number of amides is 2. The van der Waals surface area contributed by atoms with Gasteiger partial charge in [-0.3, -0.25) is 14.4 Å². The molecule has 3 aliphatic heterocycles. The van der Waals surface area contributed by atoms with Gasteiger partial charge in [-0.2, -0.15) is 0 Å². The number of hydrogen-bond donors (Lipinski definition) is 2. The van der Waals surface area contributed by atoms with E-state index in [1.807, 2.05) is 6.92 Å².